The lowest BCUT2D eigenvalue weighted by Gasteiger charge is -2.14. The van der Waals surface area contributed by atoms with E-state index in [2.05, 4.69) is 6.07 Å². The Morgan fingerprint density at radius 2 is 2.22 bits per heavy atom. The van der Waals surface area contributed by atoms with Crippen LogP contribution in [0.4, 0.5) is 0 Å². The molecular weight excluding hydrogens is 228 g/mol. The first-order chi connectivity index (χ1) is 8.63. The molecule has 1 heterocycles. The van der Waals surface area contributed by atoms with Gasteiger partial charge in [0.1, 0.15) is 11.3 Å². The molecule has 1 atom stereocenters. The van der Waals surface area contributed by atoms with Crippen LogP contribution in [0.3, 0.4) is 0 Å². The predicted molar refractivity (Wildman–Crippen MR) is 68.7 cm³/mol. The minimum atomic E-state index is -0.713. The van der Waals surface area contributed by atoms with Crippen LogP contribution in [0.5, 0.6) is 0 Å². The molecule has 94 valence electrons. The summed E-state index contributed by atoms with van der Waals surface area (Å²) >= 11 is 0. The number of aryl methyl sites for hydroxylation is 1. The van der Waals surface area contributed by atoms with Crippen molar-refractivity contribution in [1.82, 2.24) is 0 Å². The second-order valence-electron chi connectivity index (χ2n) is 5.20. The Morgan fingerprint density at radius 3 is 2.89 bits per heavy atom. The number of hydrogen-bond donors (Lipinski definition) is 1. The highest BCUT2D eigenvalue weighted by Gasteiger charge is 2.33. The van der Waals surface area contributed by atoms with E-state index in [1.807, 2.05) is 25.1 Å². The molecule has 0 spiro atoms. The van der Waals surface area contributed by atoms with Crippen molar-refractivity contribution < 1.29 is 14.3 Å². The van der Waals surface area contributed by atoms with Crippen LogP contribution in [0.2, 0.25) is 0 Å². The first-order valence-corrected chi connectivity index (χ1v) is 6.35. The molecule has 1 saturated carbocycles. The number of aliphatic carboxylic acids is 1. The van der Waals surface area contributed by atoms with Gasteiger partial charge in [-0.2, -0.15) is 0 Å². The Labute approximate surface area is 105 Å². The monoisotopic (exact) mass is 244 g/mol. The molecule has 1 aromatic heterocycles. The Balaban J connectivity index is 1.97. The van der Waals surface area contributed by atoms with Gasteiger partial charge in [-0.05, 0) is 55.4 Å². The fourth-order valence-corrected chi connectivity index (χ4v) is 2.67. The van der Waals surface area contributed by atoms with Crippen LogP contribution in [-0.2, 0) is 4.79 Å². The Bertz CT molecular complexity index is 593. The number of fused-ring (bicyclic) bond motifs is 1. The zero-order valence-corrected chi connectivity index (χ0v) is 10.3. The third-order valence-electron chi connectivity index (χ3n) is 3.68. The molecule has 1 aromatic carbocycles. The first kappa shape index (κ1) is 11.3. The molecule has 3 heteroatoms. The lowest BCUT2D eigenvalue weighted by Crippen LogP contribution is -2.08. The second kappa shape index (κ2) is 4.16. The van der Waals surface area contributed by atoms with E-state index in [4.69, 9.17) is 9.52 Å². The summed E-state index contributed by atoms with van der Waals surface area (Å²) in [7, 11) is 0. The van der Waals surface area contributed by atoms with Crippen LogP contribution in [0.15, 0.2) is 28.7 Å². The molecule has 0 amide bonds. The maximum Gasteiger partial charge on any atom is 0.303 e. The number of furan rings is 1. The molecule has 0 bridgehead atoms. The Morgan fingerprint density at radius 1 is 1.44 bits per heavy atom. The van der Waals surface area contributed by atoms with Crippen molar-refractivity contribution in [3.63, 3.8) is 0 Å². The summed E-state index contributed by atoms with van der Waals surface area (Å²) in [5.74, 6) is 0.882. The number of hydrogen-bond acceptors (Lipinski definition) is 2. The van der Waals surface area contributed by atoms with Crippen LogP contribution < -0.4 is 0 Å². The second-order valence-corrected chi connectivity index (χ2v) is 5.20. The SMILES string of the molecule is Cc1cc2cc(C(CC(=O)O)C3CC3)ccc2o1. The molecule has 1 fully saturated rings. The third-order valence-corrected chi connectivity index (χ3v) is 3.68. The van der Waals surface area contributed by atoms with Gasteiger partial charge in [0, 0.05) is 5.39 Å². The van der Waals surface area contributed by atoms with Gasteiger partial charge in [-0.15, -0.1) is 0 Å². The van der Waals surface area contributed by atoms with Crippen LogP contribution >= 0.6 is 0 Å². The summed E-state index contributed by atoms with van der Waals surface area (Å²) in [4.78, 5) is 11.0. The van der Waals surface area contributed by atoms with Gasteiger partial charge in [0.25, 0.3) is 0 Å². The van der Waals surface area contributed by atoms with Crippen molar-refractivity contribution in [2.45, 2.75) is 32.1 Å². The average Bonchev–Trinajstić information content (AvgIpc) is 3.06. The van der Waals surface area contributed by atoms with Crippen molar-refractivity contribution in [3.8, 4) is 0 Å². The third kappa shape index (κ3) is 2.13. The standard InChI is InChI=1S/C15H16O3/c1-9-6-12-7-11(4-5-14(12)18-9)13(8-15(16)17)10-2-3-10/h4-7,10,13H,2-3,8H2,1H3,(H,16,17). The fraction of sp³-hybridized carbons (Fsp3) is 0.400. The minimum Gasteiger partial charge on any atom is -0.481 e. The molecule has 0 aliphatic heterocycles. The van der Waals surface area contributed by atoms with Gasteiger partial charge in [0.2, 0.25) is 0 Å². The Hall–Kier alpha value is -1.77. The maximum atomic E-state index is 11.0. The quantitative estimate of drug-likeness (QED) is 0.891. The van der Waals surface area contributed by atoms with Crippen LogP contribution in [0.25, 0.3) is 11.0 Å². The van der Waals surface area contributed by atoms with Crippen LogP contribution in [-0.4, -0.2) is 11.1 Å². The van der Waals surface area contributed by atoms with Gasteiger partial charge in [-0.25, -0.2) is 0 Å². The normalized spacial score (nSPS) is 16.9. The first-order valence-electron chi connectivity index (χ1n) is 6.35. The average molecular weight is 244 g/mol. The van der Waals surface area contributed by atoms with Crippen molar-refractivity contribution in [2.75, 3.05) is 0 Å². The van der Waals surface area contributed by atoms with Gasteiger partial charge in [-0.1, -0.05) is 6.07 Å². The van der Waals surface area contributed by atoms with E-state index in [0.29, 0.717) is 5.92 Å². The Kier molecular flexibility index (Phi) is 2.62. The summed E-state index contributed by atoms with van der Waals surface area (Å²) in [5.41, 5.74) is 2.01. The lowest BCUT2D eigenvalue weighted by atomic mass is 9.90. The molecule has 3 nitrogen and oxygen atoms in total. The van der Waals surface area contributed by atoms with Crippen molar-refractivity contribution in [1.29, 1.82) is 0 Å². The maximum absolute atomic E-state index is 11.0. The minimum absolute atomic E-state index is 0.155. The van der Waals surface area contributed by atoms with Gasteiger partial charge in [0.15, 0.2) is 0 Å². The molecule has 18 heavy (non-hydrogen) atoms. The smallest absolute Gasteiger partial charge is 0.303 e. The summed E-state index contributed by atoms with van der Waals surface area (Å²) in [6, 6.07) is 8.05. The molecule has 0 saturated heterocycles. The highest BCUT2D eigenvalue weighted by molar-refractivity contribution is 5.79. The molecule has 3 rings (SSSR count). The van der Waals surface area contributed by atoms with E-state index in [-0.39, 0.29) is 12.3 Å². The van der Waals surface area contributed by atoms with Gasteiger partial charge in [-0.3, -0.25) is 4.79 Å². The van der Waals surface area contributed by atoms with E-state index in [1.165, 1.54) is 0 Å². The number of benzene rings is 1. The van der Waals surface area contributed by atoms with E-state index in [9.17, 15) is 4.79 Å². The zero-order chi connectivity index (χ0) is 12.7. The van der Waals surface area contributed by atoms with Crippen LogP contribution in [0.1, 0.15) is 36.5 Å². The lowest BCUT2D eigenvalue weighted by molar-refractivity contribution is -0.137. The van der Waals surface area contributed by atoms with Crippen LogP contribution in [0, 0.1) is 12.8 Å². The highest BCUT2D eigenvalue weighted by Crippen LogP contribution is 2.45. The van der Waals surface area contributed by atoms with E-state index in [0.717, 1.165) is 35.1 Å². The number of carboxylic acids is 1. The molecule has 2 aromatic rings. The number of rotatable bonds is 4. The molecule has 0 radical (unpaired) electrons. The topological polar surface area (TPSA) is 50.4 Å². The molecule has 1 aliphatic rings. The fourth-order valence-electron chi connectivity index (χ4n) is 2.67. The summed E-state index contributed by atoms with van der Waals surface area (Å²) in [6.45, 7) is 1.93. The summed E-state index contributed by atoms with van der Waals surface area (Å²) in [6.07, 6.45) is 2.54. The molecular formula is C15H16O3. The predicted octanol–water partition coefficient (Wildman–Crippen LogP) is 3.71. The van der Waals surface area contributed by atoms with E-state index < -0.39 is 5.97 Å². The molecule has 1 unspecified atom stereocenters. The molecule has 1 N–H and O–H groups in total. The summed E-state index contributed by atoms with van der Waals surface area (Å²) in [5, 5.41) is 10.1. The highest BCUT2D eigenvalue weighted by atomic mass is 16.4. The van der Waals surface area contributed by atoms with Gasteiger partial charge < -0.3 is 9.52 Å². The zero-order valence-electron chi connectivity index (χ0n) is 10.3. The van der Waals surface area contributed by atoms with Gasteiger partial charge >= 0.3 is 5.97 Å². The van der Waals surface area contributed by atoms with E-state index >= 15 is 0 Å². The van der Waals surface area contributed by atoms with Crippen molar-refractivity contribution >= 4 is 16.9 Å². The number of carbonyl (C=O) groups is 1. The molecule has 1 aliphatic carbocycles. The number of carboxylic acid groups (broad SMARTS) is 1. The largest absolute Gasteiger partial charge is 0.481 e. The van der Waals surface area contributed by atoms with Gasteiger partial charge in [0.05, 0.1) is 6.42 Å². The van der Waals surface area contributed by atoms with Crippen molar-refractivity contribution in [2.24, 2.45) is 5.92 Å². The van der Waals surface area contributed by atoms with Crippen molar-refractivity contribution in [3.05, 3.63) is 35.6 Å². The van der Waals surface area contributed by atoms with E-state index in [1.54, 1.807) is 0 Å². The summed E-state index contributed by atoms with van der Waals surface area (Å²) < 4.78 is 5.54.